The smallest absolute Gasteiger partial charge is 0.231 e. The number of hydrogen-bond acceptors (Lipinski definition) is 3. The molecule has 0 atom stereocenters. The van der Waals surface area contributed by atoms with Crippen LogP contribution in [0.2, 0.25) is 0 Å². The van der Waals surface area contributed by atoms with Gasteiger partial charge in [-0.25, -0.2) is 0 Å². The SMILES string of the molecule is c1ccc2cc3c(ccc4nc(Cc5ccc6c(c5)OCO6)c5c(c43)CC5)cc2c1. The van der Waals surface area contributed by atoms with Crippen LogP contribution in [0.4, 0.5) is 0 Å². The summed E-state index contributed by atoms with van der Waals surface area (Å²) in [4.78, 5) is 5.13. The molecule has 0 radical (unpaired) electrons. The summed E-state index contributed by atoms with van der Waals surface area (Å²) in [5, 5.41) is 6.53. The van der Waals surface area contributed by atoms with Gasteiger partial charge in [0.25, 0.3) is 0 Å². The molecule has 0 unspecified atom stereocenters. The Morgan fingerprint density at radius 1 is 0.733 bits per heavy atom. The van der Waals surface area contributed by atoms with E-state index in [0.717, 1.165) is 36.3 Å². The molecule has 1 aliphatic carbocycles. The zero-order valence-electron chi connectivity index (χ0n) is 16.4. The molecular weight excluding hydrogens is 370 g/mol. The van der Waals surface area contributed by atoms with E-state index in [2.05, 4.69) is 60.7 Å². The van der Waals surface area contributed by atoms with Crippen LogP contribution < -0.4 is 9.47 Å². The largest absolute Gasteiger partial charge is 0.454 e. The third-order valence-electron chi connectivity index (χ3n) is 6.57. The first-order valence-electron chi connectivity index (χ1n) is 10.5. The average molecular weight is 389 g/mol. The number of aryl methyl sites for hydroxylation is 1. The van der Waals surface area contributed by atoms with E-state index >= 15 is 0 Å². The molecule has 0 saturated heterocycles. The lowest BCUT2D eigenvalue weighted by molar-refractivity contribution is 0.174. The molecule has 144 valence electrons. The molecule has 0 saturated carbocycles. The average Bonchev–Trinajstić information content (AvgIpc) is 3.20. The van der Waals surface area contributed by atoms with Crippen LogP contribution in [-0.2, 0) is 19.3 Å². The van der Waals surface area contributed by atoms with Crippen molar-refractivity contribution in [3.8, 4) is 11.5 Å². The Kier molecular flexibility index (Phi) is 3.22. The van der Waals surface area contributed by atoms with Crippen molar-refractivity contribution in [2.75, 3.05) is 6.79 Å². The predicted octanol–water partition coefficient (Wildman–Crippen LogP) is 5.96. The maximum Gasteiger partial charge on any atom is 0.231 e. The number of pyridine rings is 1. The highest BCUT2D eigenvalue weighted by Gasteiger charge is 2.24. The molecule has 0 amide bonds. The lowest BCUT2D eigenvalue weighted by Crippen LogP contribution is -2.15. The Bertz CT molecular complexity index is 1500. The number of rotatable bonds is 2. The van der Waals surface area contributed by atoms with Crippen LogP contribution in [0.25, 0.3) is 32.4 Å². The summed E-state index contributed by atoms with van der Waals surface area (Å²) in [6, 6.07) is 23.9. The van der Waals surface area contributed by atoms with E-state index in [1.165, 1.54) is 49.3 Å². The number of aromatic nitrogens is 1. The molecule has 3 nitrogen and oxygen atoms in total. The molecule has 0 spiro atoms. The highest BCUT2D eigenvalue weighted by molar-refractivity contribution is 6.13. The van der Waals surface area contributed by atoms with E-state index in [0.29, 0.717) is 6.79 Å². The van der Waals surface area contributed by atoms with E-state index in [1.54, 1.807) is 0 Å². The van der Waals surface area contributed by atoms with Crippen molar-refractivity contribution in [2.45, 2.75) is 19.3 Å². The van der Waals surface area contributed by atoms with Gasteiger partial charge in [0.2, 0.25) is 6.79 Å². The minimum atomic E-state index is 0.310. The summed E-state index contributed by atoms with van der Waals surface area (Å²) in [7, 11) is 0. The fourth-order valence-electron chi connectivity index (χ4n) is 4.99. The highest BCUT2D eigenvalue weighted by atomic mass is 16.7. The quantitative estimate of drug-likeness (QED) is 0.276. The summed E-state index contributed by atoms with van der Waals surface area (Å²) in [6.07, 6.45) is 3.07. The van der Waals surface area contributed by atoms with Crippen LogP contribution in [0.5, 0.6) is 11.5 Å². The maximum absolute atomic E-state index is 5.56. The van der Waals surface area contributed by atoms with Crippen molar-refractivity contribution in [3.05, 3.63) is 89.1 Å². The lowest BCUT2D eigenvalue weighted by Gasteiger charge is -2.25. The standard InChI is InChI=1S/C27H19NO2/c1-2-4-18-14-22-19(13-17(18)3-1)6-9-23-27(22)21-8-7-20(21)24(28-23)11-16-5-10-25-26(12-16)30-15-29-25/h1-6,9-10,12-14H,7-8,11,15H2. The van der Waals surface area contributed by atoms with Gasteiger partial charge in [-0.05, 0) is 81.4 Å². The van der Waals surface area contributed by atoms with Gasteiger partial charge < -0.3 is 9.47 Å². The first-order chi connectivity index (χ1) is 14.8. The maximum atomic E-state index is 5.56. The molecule has 0 N–H and O–H groups in total. The summed E-state index contributed by atoms with van der Waals surface area (Å²) < 4.78 is 11.0. The van der Waals surface area contributed by atoms with Gasteiger partial charge >= 0.3 is 0 Å². The molecule has 1 aliphatic heterocycles. The van der Waals surface area contributed by atoms with Gasteiger partial charge in [0.15, 0.2) is 11.5 Å². The van der Waals surface area contributed by atoms with E-state index in [9.17, 15) is 0 Å². The molecule has 0 fully saturated rings. The van der Waals surface area contributed by atoms with Gasteiger partial charge in [-0.1, -0.05) is 36.4 Å². The second-order valence-electron chi connectivity index (χ2n) is 8.26. The van der Waals surface area contributed by atoms with Crippen molar-refractivity contribution in [3.63, 3.8) is 0 Å². The molecule has 7 rings (SSSR count). The third kappa shape index (κ3) is 2.29. The monoisotopic (exact) mass is 389 g/mol. The van der Waals surface area contributed by atoms with Crippen molar-refractivity contribution < 1.29 is 9.47 Å². The van der Waals surface area contributed by atoms with E-state index in [1.807, 2.05) is 6.07 Å². The molecule has 5 aromatic rings. The van der Waals surface area contributed by atoms with Gasteiger partial charge in [-0.3, -0.25) is 4.98 Å². The first-order valence-corrected chi connectivity index (χ1v) is 10.5. The van der Waals surface area contributed by atoms with Crippen molar-refractivity contribution >= 4 is 32.4 Å². The molecule has 1 aromatic heterocycles. The van der Waals surface area contributed by atoms with Crippen molar-refractivity contribution in [1.82, 2.24) is 4.98 Å². The summed E-state index contributed by atoms with van der Waals surface area (Å²) in [5.41, 5.74) is 6.43. The molecule has 4 aromatic carbocycles. The Labute approximate surface area is 173 Å². The van der Waals surface area contributed by atoms with Crippen molar-refractivity contribution in [1.29, 1.82) is 0 Å². The second-order valence-corrected chi connectivity index (χ2v) is 8.26. The van der Waals surface area contributed by atoms with Crippen LogP contribution >= 0.6 is 0 Å². The summed E-state index contributed by atoms with van der Waals surface area (Å²) >= 11 is 0. The van der Waals surface area contributed by atoms with Crippen LogP contribution in [0, 0.1) is 0 Å². The topological polar surface area (TPSA) is 31.4 Å². The van der Waals surface area contributed by atoms with Crippen LogP contribution in [-0.4, -0.2) is 11.8 Å². The number of fused-ring (bicyclic) bond motifs is 7. The molecule has 30 heavy (non-hydrogen) atoms. The lowest BCUT2D eigenvalue weighted by atomic mass is 9.81. The van der Waals surface area contributed by atoms with Gasteiger partial charge in [-0.15, -0.1) is 0 Å². The molecular formula is C27H19NO2. The van der Waals surface area contributed by atoms with Gasteiger partial charge in [0.05, 0.1) is 5.52 Å². The van der Waals surface area contributed by atoms with Crippen LogP contribution in [0.15, 0.2) is 66.7 Å². The highest BCUT2D eigenvalue weighted by Crippen LogP contribution is 2.39. The predicted molar refractivity (Wildman–Crippen MR) is 120 cm³/mol. The number of nitrogens with zero attached hydrogens (tertiary/aromatic N) is 1. The fourth-order valence-corrected chi connectivity index (χ4v) is 4.99. The van der Waals surface area contributed by atoms with Gasteiger partial charge in [0, 0.05) is 17.5 Å². The molecule has 0 bridgehead atoms. The zero-order valence-corrected chi connectivity index (χ0v) is 16.4. The number of hydrogen-bond donors (Lipinski definition) is 0. The minimum absolute atomic E-state index is 0.310. The van der Waals surface area contributed by atoms with E-state index in [-0.39, 0.29) is 0 Å². The van der Waals surface area contributed by atoms with E-state index < -0.39 is 0 Å². The first kappa shape index (κ1) is 16.2. The Morgan fingerprint density at radius 3 is 2.43 bits per heavy atom. The Hall–Kier alpha value is -3.59. The van der Waals surface area contributed by atoms with E-state index in [4.69, 9.17) is 14.5 Å². The molecule has 2 aliphatic rings. The normalized spacial score (nSPS) is 14.3. The fraction of sp³-hybridized carbons (Fsp3) is 0.148. The third-order valence-corrected chi connectivity index (χ3v) is 6.57. The Morgan fingerprint density at radius 2 is 1.57 bits per heavy atom. The zero-order chi connectivity index (χ0) is 19.7. The second kappa shape index (κ2) is 5.96. The van der Waals surface area contributed by atoms with Gasteiger partial charge in [-0.2, -0.15) is 0 Å². The number of ether oxygens (including phenoxy) is 2. The Balaban J connectivity index is 1.41. The van der Waals surface area contributed by atoms with Gasteiger partial charge in [0.1, 0.15) is 0 Å². The molecule has 2 heterocycles. The summed E-state index contributed by atoms with van der Waals surface area (Å²) in [5.74, 6) is 1.67. The number of benzene rings is 4. The molecule has 3 heteroatoms. The van der Waals surface area contributed by atoms with Crippen molar-refractivity contribution in [2.24, 2.45) is 0 Å². The van der Waals surface area contributed by atoms with Crippen LogP contribution in [0.1, 0.15) is 22.4 Å². The van der Waals surface area contributed by atoms with Crippen LogP contribution in [0.3, 0.4) is 0 Å². The minimum Gasteiger partial charge on any atom is -0.454 e. The summed E-state index contributed by atoms with van der Waals surface area (Å²) in [6.45, 7) is 0.310.